The van der Waals surface area contributed by atoms with E-state index < -0.39 is 133 Å². The average Bonchev–Trinajstić information content (AvgIpc) is 0.779. The third-order valence-electron chi connectivity index (χ3n) is 21.4. The number of anilines is 4. The van der Waals surface area contributed by atoms with Crippen LogP contribution < -0.4 is 52.6 Å². The second-order valence-electron chi connectivity index (χ2n) is 30.7. The summed E-state index contributed by atoms with van der Waals surface area (Å²) in [7, 11) is -10.9. The Kier molecular flexibility index (Phi) is 36.8. The van der Waals surface area contributed by atoms with Gasteiger partial charge in [0.25, 0.3) is 40.1 Å². The van der Waals surface area contributed by atoms with Gasteiger partial charge in [-0.2, -0.15) is 0 Å². The molecule has 14 aromatic carbocycles. The predicted molar refractivity (Wildman–Crippen MR) is 552 cm³/mol. The van der Waals surface area contributed by atoms with Crippen LogP contribution in [-0.2, 0) is 60.4 Å². The van der Waals surface area contributed by atoms with Gasteiger partial charge < -0.3 is 64.4 Å². The number of rotatable bonds is 31. The van der Waals surface area contributed by atoms with Crippen molar-refractivity contribution in [1.82, 2.24) is 4.98 Å². The highest BCUT2D eigenvalue weighted by Gasteiger charge is 2.34. The first-order valence-electron chi connectivity index (χ1n) is 42.3. The molecule has 0 atom stereocenters. The molecule has 0 aliphatic carbocycles. The molecule has 0 saturated carbocycles. The second kappa shape index (κ2) is 48.6. The molecular weight excluding hydrogens is 2090 g/mol. The molecule has 0 unspecified atom stereocenters. The number of amides is 1. The molecule has 762 valence electrons. The van der Waals surface area contributed by atoms with Crippen molar-refractivity contribution >= 4 is 149 Å². The number of sulfonamides is 4. The van der Waals surface area contributed by atoms with Crippen molar-refractivity contribution in [3.8, 4) is 102 Å². The molecule has 1 heterocycles. The maximum Gasteiger partial charge on any atom is 0.339 e. The van der Waals surface area contributed by atoms with E-state index in [1.807, 2.05) is 115 Å². The van der Waals surface area contributed by atoms with Crippen LogP contribution in [0.5, 0.6) is 46.0 Å². The molecule has 10 N–H and O–H groups in total. The highest BCUT2D eigenvalue weighted by Crippen LogP contribution is 2.45. The molecule has 147 heavy (non-hydrogen) atoms. The highest BCUT2D eigenvalue weighted by molar-refractivity contribution is 7.94. The molecular formula is C103H86Cl4F2N6O27S5. The predicted octanol–water partition coefficient (Wildman–Crippen LogP) is 20.7. The minimum Gasteiger partial charge on any atom is -0.505 e. The number of carboxylic acids is 3. The number of carboxylic acid groups (broad SMARTS) is 3. The van der Waals surface area contributed by atoms with Crippen molar-refractivity contribution in [2.24, 2.45) is 5.73 Å². The number of carbonyl (C=O) groups excluding carboxylic acids is 2. The van der Waals surface area contributed by atoms with E-state index >= 15 is 0 Å². The first-order chi connectivity index (χ1) is 69.7. The van der Waals surface area contributed by atoms with E-state index in [4.69, 9.17) is 85.7 Å². The van der Waals surface area contributed by atoms with Gasteiger partial charge in [0.2, 0.25) is 5.91 Å². The summed E-state index contributed by atoms with van der Waals surface area (Å²) in [6, 6.07) is 76.1. The van der Waals surface area contributed by atoms with Crippen molar-refractivity contribution in [1.29, 1.82) is 0 Å². The number of aromatic nitrogens is 1. The maximum absolute atomic E-state index is 14.2. The van der Waals surface area contributed by atoms with E-state index in [0.29, 0.717) is 16.9 Å². The number of aromatic carboxylic acids is 3. The van der Waals surface area contributed by atoms with Gasteiger partial charge in [0, 0.05) is 41.2 Å². The summed E-state index contributed by atoms with van der Waals surface area (Å²) in [6.07, 6.45) is 3.22. The Bertz CT molecular complexity index is 8120. The number of phenols is 2. The molecule has 0 saturated heterocycles. The van der Waals surface area contributed by atoms with Crippen LogP contribution in [0.1, 0.15) is 57.4 Å². The van der Waals surface area contributed by atoms with Gasteiger partial charge in [-0.25, -0.2) is 70.0 Å². The lowest BCUT2D eigenvalue weighted by Gasteiger charge is -2.23. The van der Waals surface area contributed by atoms with Crippen molar-refractivity contribution < 1.29 is 134 Å². The van der Waals surface area contributed by atoms with Crippen molar-refractivity contribution in [2.45, 2.75) is 30.2 Å². The van der Waals surface area contributed by atoms with Gasteiger partial charge in [0.05, 0.1) is 110 Å². The number of hydrogen-bond donors (Lipinski definition) is 9. The normalized spacial score (nSPS) is 11.1. The van der Waals surface area contributed by atoms with Crippen molar-refractivity contribution in [3.05, 3.63) is 369 Å². The molecule has 15 aromatic rings. The SMILES string of the molecule is COC(=O)c1cc(Cl)c(OC)c(S(=O)(=O)Nc2cc(-c3ccccc3)ccc2OC)c1.COc1ccc(-c2ccccc2)cc1N(C)S(=O)(=O)c1cc(C(=O)O)cc(Cl)c1O.COc1ccc(-c2ccccc2)cc1NS(=O)(=O)c1cc(Cl)cc(C(=O)O)c1OC.COc1ccc(-c2cccnc2)cc1NS(=O)(=O)c1cc(C(=O)O)cc(Cl)c1O.NC(=O)c1ccc(F)c(S(=O)(=O)Cc2cc(-c3ccccc3)ccc2F)c1. The van der Waals surface area contributed by atoms with Gasteiger partial charge in [-0.15, -0.1) is 0 Å². The Morgan fingerprint density at radius 1 is 0.367 bits per heavy atom. The van der Waals surface area contributed by atoms with E-state index in [2.05, 4.69) is 23.9 Å². The van der Waals surface area contributed by atoms with Gasteiger partial charge in [0.1, 0.15) is 64.7 Å². The molecule has 0 radical (unpaired) electrons. The van der Waals surface area contributed by atoms with Crippen LogP contribution in [0.2, 0.25) is 20.1 Å². The third kappa shape index (κ3) is 27.1. The molecule has 33 nitrogen and oxygen atoms in total. The number of nitrogens with zero attached hydrogens (tertiary/aromatic N) is 2. The maximum atomic E-state index is 14.2. The van der Waals surface area contributed by atoms with E-state index in [0.717, 1.165) is 109 Å². The number of phenolic OH excluding ortho intramolecular Hbond substituents is 2. The van der Waals surface area contributed by atoms with Crippen LogP contribution in [0.25, 0.3) is 55.6 Å². The molecule has 0 aliphatic rings. The smallest absolute Gasteiger partial charge is 0.339 e. The lowest BCUT2D eigenvalue weighted by atomic mass is 10.0. The minimum atomic E-state index is -4.40. The average molecular weight is 2180 g/mol. The van der Waals surface area contributed by atoms with Crippen LogP contribution in [0.4, 0.5) is 31.5 Å². The fourth-order valence-corrected chi connectivity index (χ4v) is 21.9. The Labute approximate surface area is 862 Å². The fraction of sp³-hybridized carbons (Fsp3) is 0.0874. The fourth-order valence-electron chi connectivity index (χ4n) is 14.1. The van der Waals surface area contributed by atoms with Crippen molar-refractivity contribution in [2.75, 3.05) is 75.3 Å². The zero-order valence-corrected chi connectivity index (χ0v) is 85.2. The van der Waals surface area contributed by atoms with Gasteiger partial charge in [0.15, 0.2) is 32.8 Å². The second-order valence-corrected chi connectivity index (χ2v) is 41.2. The standard InChI is InChI=1S/C22H20ClNO6S.2C21H18ClNO6S.C20H15F2NO3S.C19H15ClN2O6S/c1-28-19-10-9-15(14-7-5-4-6-8-14)12-18(19)24-31(26,27)20-13-16(22(25)30-3)11-17(23)21(20)29-2;1-23(30(27,28)19-12-15(21(25)26)10-16(22)20(19)24)17-11-14(8-9-18(17)29-2)13-6-4-3-5-7-13;1-28-18-9-8-14(13-6-4-3-5-7-13)10-17(18)23-30(26,27)19-12-15(22)11-16(21(24)25)20(19)29-2;21-17-8-6-14(13-4-2-1-3-5-13)10-16(17)12-27(25,26)19-11-15(20(23)24)7-9-18(19)22;1-28-16-5-4-11(12-3-2-6-21-10-12)8-15(16)22-29(26,27)17-9-13(19(24)25)7-14(20)18(17)23/h4-13,24H,1-3H3;3-12,24H,1-2H3,(H,25,26);3-12,23H,1-2H3,(H,24,25);1-11H,12H2,(H2,23,24);2-10,22-23H,1H3,(H,24,25). The number of aromatic hydroxyl groups is 2. The zero-order chi connectivity index (χ0) is 107. The van der Waals surface area contributed by atoms with Crippen LogP contribution >= 0.6 is 46.4 Å². The number of sulfone groups is 1. The van der Waals surface area contributed by atoms with E-state index in [-0.39, 0.29) is 105 Å². The molecule has 44 heteroatoms. The number of esters is 1. The number of ether oxygens (including phenoxy) is 7. The summed E-state index contributed by atoms with van der Waals surface area (Å²) in [6.45, 7) is 0. The third-order valence-corrected chi connectivity index (χ3v) is 30.0. The van der Waals surface area contributed by atoms with E-state index in [1.54, 1.807) is 97.3 Å². The highest BCUT2D eigenvalue weighted by atomic mass is 35.5. The Balaban J connectivity index is 0.000000175. The summed E-state index contributed by atoms with van der Waals surface area (Å²) in [4.78, 5) is 58.6. The molecule has 1 aromatic heterocycles. The minimum absolute atomic E-state index is 0.0290. The topological polar surface area (TPSA) is 500 Å². The number of benzene rings is 14. The summed E-state index contributed by atoms with van der Waals surface area (Å²) in [5.41, 5.74) is 12.2. The first-order valence-corrected chi connectivity index (χ1v) is 51.4. The summed E-state index contributed by atoms with van der Waals surface area (Å²) in [5.74, 6) is -9.04. The van der Waals surface area contributed by atoms with E-state index in [9.17, 15) is 95.3 Å². The summed E-state index contributed by atoms with van der Waals surface area (Å²) >= 11 is 23.8. The quantitative estimate of drug-likeness (QED) is 0.0182. The number of nitrogens with one attached hydrogen (secondary N) is 3. The van der Waals surface area contributed by atoms with Crippen LogP contribution in [0, 0.1) is 11.6 Å². The number of hydrogen-bond acceptors (Lipinski definition) is 25. The molecule has 0 aliphatic heterocycles. The Hall–Kier alpha value is -16.1. The molecule has 1 amide bonds. The molecule has 0 fully saturated rings. The van der Waals surface area contributed by atoms with Gasteiger partial charge in [-0.05, 0) is 184 Å². The number of carbonyl (C=O) groups is 5. The largest absolute Gasteiger partial charge is 0.505 e. The number of primary amides is 1. The van der Waals surface area contributed by atoms with Crippen LogP contribution in [0.3, 0.4) is 0 Å². The monoisotopic (exact) mass is 2180 g/mol. The van der Waals surface area contributed by atoms with E-state index in [1.165, 1.54) is 87.1 Å². The molecule has 15 rings (SSSR count). The zero-order valence-electron chi connectivity index (χ0n) is 78.1. The van der Waals surface area contributed by atoms with Crippen molar-refractivity contribution in [3.63, 3.8) is 0 Å². The lowest BCUT2D eigenvalue weighted by molar-refractivity contribution is 0.0597. The van der Waals surface area contributed by atoms with Crippen LogP contribution in [-0.4, -0.2) is 159 Å². The number of pyridine rings is 1. The Morgan fingerprint density at radius 2 is 0.741 bits per heavy atom. The van der Waals surface area contributed by atoms with Crippen LogP contribution in [0.15, 0.2) is 328 Å². The number of halogens is 6. The first kappa shape index (κ1) is 111. The number of methoxy groups -OCH3 is 7. The van der Waals surface area contributed by atoms with Gasteiger partial charge in [-0.3, -0.25) is 28.3 Å². The lowest BCUT2D eigenvalue weighted by Crippen LogP contribution is -2.27. The number of nitrogens with two attached hydrogens (primary N) is 1. The molecule has 0 spiro atoms. The Morgan fingerprint density at radius 3 is 1.16 bits per heavy atom. The summed E-state index contributed by atoms with van der Waals surface area (Å²) in [5, 5.41) is 47.2. The van der Waals surface area contributed by atoms with Gasteiger partial charge >= 0.3 is 23.9 Å². The van der Waals surface area contributed by atoms with Gasteiger partial charge in [-0.1, -0.05) is 204 Å². The summed E-state index contributed by atoms with van der Waals surface area (Å²) < 4.78 is 203. The molecule has 0 bridgehead atoms.